The van der Waals surface area contributed by atoms with Gasteiger partial charge in [-0.05, 0) is 30.5 Å². The number of hydrogen-bond donors (Lipinski definition) is 1. The first-order valence-corrected chi connectivity index (χ1v) is 7.92. The molecule has 0 amide bonds. The van der Waals surface area contributed by atoms with Gasteiger partial charge in [-0.15, -0.1) is 11.3 Å². The van der Waals surface area contributed by atoms with E-state index < -0.39 is 0 Å². The molecule has 1 aromatic heterocycles. The highest BCUT2D eigenvalue weighted by Crippen LogP contribution is 2.19. The normalized spacial score (nSPS) is 12.5. The van der Waals surface area contributed by atoms with Gasteiger partial charge in [-0.1, -0.05) is 38.1 Å². The van der Waals surface area contributed by atoms with Crippen LogP contribution >= 0.6 is 11.3 Å². The zero-order valence-corrected chi connectivity index (χ0v) is 12.5. The highest BCUT2D eigenvalue weighted by molar-refractivity contribution is 7.09. The summed E-state index contributed by atoms with van der Waals surface area (Å²) in [6.07, 6.45) is 5.12. The summed E-state index contributed by atoms with van der Waals surface area (Å²) in [7, 11) is 0. The number of benzene rings is 1. The largest absolute Gasteiger partial charge is 0.310 e. The van der Waals surface area contributed by atoms with Crippen LogP contribution in [-0.2, 0) is 6.42 Å². The van der Waals surface area contributed by atoms with Crippen molar-refractivity contribution in [1.82, 2.24) is 10.3 Å². The summed E-state index contributed by atoms with van der Waals surface area (Å²) in [6, 6.07) is 9.44. The second-order valence-corrected chi connectivity index (χ2v) is 5.74. The van der Waals surface area contributed by atoms with E-state index in [9.17, 15) is 0 Å². The number of hydrogen-bond acceptors (Lipinski definition) is 3. The summed E-state index contributed by atoms with van der Waals surface area (Å²) in [5, 5.41) is 6.81. The van der Waals surface area contributed by atoms with Gasteiger partial charge in [-0.3, -0.25) is 0 Å². The Hall–Kier alpha value is -1.19. The van der Waals surface area contributed by atoms with E-state index in [1.165, 1.54) is 22.6 Å². The molecule has 0 aliphatic rings. The third-order valence-corrected chi connectivity index (χ3v) is 4.05. The van der Waals surface area contributed by atoms with Crippen LogP contribution < -0.4 is 5.32 Å². The van der Waals surface area contributed by atoms with E-state index in [4.69, 9.17) is 0 Å². The Morgan fingerprint density at radius 2 is 2.00 bits per heavy atom. The molecular weight excluding hydrogens is 252 g/mol. The average Bonchev–Trinajstić information content (AvgIpc) is 2.94. The number of nitrogens with zero attached hydrogens (tertiary/aromatic N) is 1. The van der Waals surface area contributed by atoms with Gasteiger partial charge >= 0.3 is 0 Å². The lowest BCUT2D eigenvalue weighted by atomic mass is 10.0. The predicted molar refractivity (Wildman–Crippen MR) is 82.7 cm³/mol. The highest BCUT2D eigenvalue weighted by atomic mass is 32.1. The van der Waals surface area contributed by atoms with Crippen molar-refractivity contribution >= 4 is 11.3 Å². The monoisotopic (exact) mass is 274 g/mol. The minimum Gasteiger partial charge on any atom is -0.310 e. The minimum atomic E-state index is 0.480. The second kappa shape index (κ2) is 7.41. The molecule has 2 aromatic rings. The fourth-order valence-corrected chi connectivity index (χ4v) is 2.85. The lowest BCUT2D eigenvalue weighted by Gasteiger charge is -2.17. The molecule has 0 aliphatic heterocycles. The van der Waals surface area contributed by atoms with Crippen molar-refractivity contribution in [2.24, 2.45) is 0 Å². The molecule has 0 bridgehead atoms. The number of rotatable bonds is 7. The lowest BCUT2D eigenvalue weighted by molar-refractivity contribution is 0.518. The smallest absolute Gasteiger partial charge is 0.0968 e. The molecule has 102 valence electrons. The first-order valence-electron chi connectivity index (χ1n) is 7.04. The molecular formula is C16H22N2S. The molecule has 2 nitrogen and oxygen atoms in total. The molecule has 0 spiro atoms. The molecule has 0 fully saturated rings. The molecule has 19 heavy (non-hydrogen) atoms. The minimum absolute atomic E-state index is 0.480. The number of aromatic nitrogens is 1. The van der Waals surface area contributed by atoms with Gasteiger partial charge < -0.3 is 5.32 Å². The first kappa shape index (κ1) is 14.2. The van der Waals surface area contributed by atoms with Crippen LogP contribution in [0.2, 0.25) is 0 Å². The fourth-order valence-electron chi connectivity index (χ4n) is 2.20. The van der Waals surface area contributed by atoms with Gasteiger partial charge in [0.25, 0.3) is 0 Å². The van der Waals surface area contributed by atoms with Gasteiger partial charge in [0.05, 0.1) is 5.01 Å². The van der Waals surface area contributed by atoms with Crippen LogP contribution in [0.5, 0.6) is 0 Å². The van der Waals surface area contributed by atoms with Crippen molar-refractivity contribution in [1.29, 1.82) is 0 Å². The van der Waals surface area contributed by atoms with Crippen LogP contribution in [0, 0.1) is 0 Å². The van der Waals surface area contributed by atoms with E-state index in [0.29, 0.717) is 6.04 Å². The molecule has 0 saturated heterocycles. The summed E-state index contributed by atoms with van der Waals surface area (Å²) in [5.74, 6) is 0. The number of thiazole rings is 1. The Labute approximate surface area is 119 Å². The van der Waals surface area contributed by atoms with Gasteiger partial charge in [0.15, 0.2) is 0 Å². The standard InChI is InChI=1S/C16H22N2S/c1-3-9-17-15(4-2)14-7-5-13(6-8-14)12-16-18-10-11-19-16/h5-8,10-11,15,17H,3-4,9,12H2,1-2H3. The third kappa shape index (κ3) is 4.15. The highest BCUT2D eigenvalue weighted by Gasteiger charge is 2.08. The zero-order valence-electron chi connectivity index (χ0n) is 11.7. The van der Waals surface area contributed by atoms with E-state index in [2.05, 4.69) is 48.4 Å². The topological polar surface area (TPSA) is 24.9 Å². The van der Waals surface area contributed by atoms with Crippen molar-refractivity contribution in [3.8, 4) is 0 Å². The van der Waals surface area contributed by atoms with Crippen LogP contribution in [0.3, 0.4) is 0 Å². The maximum absolute atomic E-state index is 4.33. The van der Waals surface area contributed by atoms with E-state index >= 15 is 0 Å². The van der Waals surface area contributed by atoms with E-state index in [0.717, 1.165) is 19.4 Å². The second-order valence-electron chi connectivity index (χ2n) is 4.76. The molecule has 0 saturated carbocycles. The maximum Gasteiger partial charge on any atom is 0.0968 e. The molecule has 1 aromatic carbocycles. The van der Waals surface area contributed by atoms with Crippen LogP contribution in [0.1, 0.15) is 48.9 Å². The third-order valence-electron chi connectivity index (χ3n) is 3.27. The molecule has 1 heterocycles. The van der Waals surface area contributed by atoms with Crippen molar-refractivity contribution in [3.05, 3.63) is 52.0 Å². The molecule has 0 aliphatic carbocycles. The maximum atomic E-state index is 4.33. The van der Waals surface area contributed by atoms with E-state index in [1.54, 1.807) is 11.3 Å². The van der Waals surface area contributed by atoms with Gasteiger partial charge in [-0.2, -0.15) is 0 Å². The summed E-state index contributed by atoms with van der Waals surface area (Å²) in [4.78, 5) is 4.33. The Bertz CT molecular complexity index is 462. The predicted octanol–water partition coefficient (Wildman–Crippen LogP) is 4.18. The van der Waals surface area contributed by atoms with Crippen molar-refractivity contribution in [3.63, 3.8) is 0 Å². The van der Waals surface area contributed by atoms with Crippen LogP contribution in [0.4, 0.5) is 0 Å². The molecule has 1 N–H and O–H groups in total. The Balaban J connectivity index is 2.00. The van der Waals surface area contributed by atoms with E-state index in [-0.39, 0.29) is 0 Å². The van der Waals surface area contributed by atoms with Crippen molar-refractivity contribution in [2.45, 2.75) is 39.2 Å². The summed E-state index contributed by atoms with van der Waals surface area (Å²) >= 11 is 1.72. The summed E-state index contributed by atoms with van der Waals surface area (Å²) < 4.78 is 0. The van der Waals surface area contributed by atoms with E-state index in [1.807, 2.05) is 11.6 Å². The lowest BCUT2D eigenvalue weighted by Crippen LogP contribution is -2.21. The molecule has 3 heteroatoms. The molecule has 1 atom stereocenters. The van der Waals surface area contributed by atoms with Crippen LogP contribution in [0.15, 0.2) is 35.8 Å². The van der Waals surface area contributed by atoms with Gasteiger partial charge in [-0.25, -0.2) is 4.98 Å². The molecule has 1 unspecified atom stereocenters. The Kier molecular flexibility index (Phi) is 5.55. The summed E-state index contributed by atoms with van der Waals surface area (Å²) in [5.41, 5.74) is 2.72. The molecule has 2 rings (SSSR count). The van der Waals surface area contributed by atoms with Crippen LogP contribution in [0.25, 0.3) is 0 Å². The van der Waals surface area contributed by atoms with Crippen molar-refractivity contribution in [2.75, 3.05) is 6.54 Å². The zero-order chi connectivity index (χ0) is 13.5. The Morgan fingerprint density at radius 1 is 1.21 bits per heavy atom. The van der Waals surface area contributed by atoms with Crippen LogP contribution in [-0.4, -0.2) is 11.5 Å². The number of nitrogens with one attached hydrogen (secondary N) is 1. The van der Waals surface area contributed by atoms with Gasteiger partial charge in [0, 0.05) is 24.0 Å². The average molecular weight is 274 g/mol. The molecule has 0 radical (unpaired) electrons. The quantitative estimate of drug-likeness (QED) is 0.819. The van der Waals surface area contributed by atoms with Crippen molar-refractivity contribution < 1.29 is 0 Å². The summed E-state index contributed by atoms with van der Waals surface area (Å²) in [6.45, 7) is 5.52. The first-order chi connectivity index (χ1) is 9.33. The fraction of sp³-hybridized carbons (Fsp3) is 0.438. The van der Waals surface area contributed by atoms with Gasteiger partial charge in [0.2, 0.25) is 0 Å². The SMILES string of the molecule is CCCNC(CC)c1ccc(Cc2nccs2)cc1. The van der Waals surface area contributed by atoms with Gasteiger partial charge in [0.1, 0.15) is 0 Å². The Morgan fingerprint density at radius 3 is 2.58 bits per heavy atom.